The number of rotatable bonds is 5. The Morgan fingerprint density at radius 1 is 0.938 bits per heavy atom. The van der Waals surface area contributed by atoms with E-state index in [-0.39, 0.29) is 5.56 Å². The van der Waals surface area contributed by atoms with E-state index in [1.54, 1.807) is 34.9 Å². The van der Waals surface area contributed by atoms with Gasteiger partial charge < -0.3 is 4.52 Å². The third kappa shape index (κ3) is 3.77. The summed E-state index contributed by atoms with van der Waals surface area (Å²) in [4.78, 5) is 22.5. The molecule has 0 fully saturated rings. The SMILES string of the molecule is N#Cc1ccc(-n2c(SCc3noc(-c4ccccc4)n3)nc3ccccc3c2=O)cc1. The minimum atomic E-state index is -0.180. The van der Waals surface area contributed by atoms with Crippen LogP contribution >= 0.6 is 11.8 Å². The second-order valence-corrected chi connectivity index (χ2v) is 7.82. The van der Waals surface area contributed by atoms with Crippen molar-refractivity contribution in [2.75, 3.05) is 0 Å². The summed E-state index contributed by atoms with van der Waals surface area (Å²) >= 11 is 1.34. The number of hydrogen-bond acceptors (Lipinski definition) is 7. The highest BCUT2D eigenvalue weighted by molar-refractivity contribution is 7.98. The van der Waals surface area contributed by atoms with Crippen molar-refractivity contribution in [1.82, 2.24) is 19.7 Å². The third-order valence-electron chi connectivity index (χ3n) is 4.82. The molecule has 0 N–H and O–H groups in total. The quantitative estimate of drug-likeness (QED) is 0.293. The number of para-hydroxylation sites is 1. The Hall–Kier alpha value is -4.22. The third-order valence-corrected chi connectivity index (χ3v) is 5.75. The molecule has 0 saturated carbocycles. The summed E-state index contributed by atoms with van der Waals surface area (Å²) in [5, 5.41) is 14.2. The van der Waals surface area contributed by atoms with Gasteiger partial charge in [-0.05, 0) is 48.5 Å². The van der Waals surface area contributed by atoms with Gasteiger partial charge in [0.2, 0.25) is 0 Å². The van der Waals surface area contributed by atoms with E-state index in [9.17, 15) is 4.79 Å². The predicted molar refractivity (Wildman–Crippen MR) is 121 cm³/mol. The van der Waals surface area contributed by atoms with Crippen LogP contribution in [0.15, 0.2) is 93.3 Å². The molecule has 0 aliphatic carbocycles. The van der Waals surface area contributed by atoms with Crippen LogP contribution in [0.5, 0.6) is 0 Å². The normalized spacial score (nSPS) is 10.8. The predicted octanol–water partition coefficient (Wildman–Crippen LogP) is 4.60. The summed E-state index contributed by atoms with van der Waals surface area (Å²) in [7, 11) is 0. The Bertz CT molecular complexity index is 1500. The first kappa shape index (κ1) is 19.7. The molecule has 0 saturated heterocycles. The molecule has 7 nitrogen and oxygen atoms in total. The standard InChI is InChI=1S/C24H15N5O2S/c25-14-16-10-12-18(13-11-16)29-23(30)19-8-4-5-9-20(19)26-24(29)32-15-21-27-22(31-28-21)17-6-2-1-3-7-17/h1-13H,15H2. The molecule has 0 radical (unpaired) electrons. The molecular formula is C24H15N5O2S. The molecule has 0 aliphatic heterocycles. The Labute approximate surface area is 187 Å². The van der Waals surface area contributed by atoms with Crippen LogP contribution in [-0.4, -0.2) is 19.7 Å². The number of benzene rings is 3. The fourth-order valence-corrected chi connectivity index (χ4v) is 4.12. The lowest BCUT2D eigenvalue weighted by atomic mass is 10.2. The van der Waals surface area contributed by atoms with Gasteiger partial charge in [-0.3, -0.25) is 9.36 Å². The molecular weight excluding hydrogens is 422 g/mol. The largest absolute Gasteiger partial charge is 0.334 e. The topological polar surface area (TPSA) is 97.6 Å². The van der Waals surface area contributed by atoms with Crippen LogP contribution < -0.4 is 5.56 Å². The van der Waals surface area contributed by atoms with Gasteiger partial charge in [0.1, 0.15) is 0 Å². The molecule has 2 aromatic heterocycles. The molecule has 3 aromatic carbocycles. The first-order valence-electron chi connectivity index (χ1n) is 9.76. The number of nitrogens with zero attached hydrogens (tertiary/aromatic N) is 5. The lowest BCUT2D eigenvalue weighted by molar-refractivity contribution is 0.425. The summed E-state index contributed by atoms with van der Waals surface area (Å²) in [6, 6.07) is 25.7. The fraction of sp³-hybridized carbons (Fsp3) is 0.0417. The molecule has 0 spiro atoms. The van der Waals surface area contributed by atoms with Gasteiger partial charge >= 0.3 is 0 Å². The van der Waals surface area contributed by atoms with Gasteiger partial charge in [-0.25, -0.2) is 4.98 Å². The summed E-state index contributed by atoms with van der Waals surface area (Å²) in [5.74, 6) is 1.32. The van der Waals surface area contributed by atoms with Crippen LogP contribution in [0.2, 0.25) is 0 Å². The highest BCUT2D eigenvalue weighted by atomic mass is 32.2. The number of hydrogen-bond donors (Lipinski definition) is 0. The van der Waals surface area contributed by atoms with Gasteiger partial charge in [0.05, 0.1) is 34.0 Å². The van der Waals surface area contributed by atoms with Crippen LogP contribution in [-0.2, 0) is 5.75 Å². The van der Waals surface area contributed by atoms with Crippen molar-refractivity contribution in [3.63, 3.8) is 0 Å². The highest BCUT2D eigenvalue weighted by Gasteiger charge is 2.15. The van der Waals surface area contributed by atoms with E-state index < -0.39 is 0 Å². The van der Waals surface area contributed by atoms with Crippen molar-refractivity contribution < 1.29 is 4.52 Å². The summed E-state index contributed by atoms with van der Waals surface area (Å²) in [6.45, 7) is 0. The van der Waals surface area contributed by atoms with E-state index in [1.807, 2.05) is 48.5 Å². The van der Waals surface area contributed by atoms with Gasteiger partial charge in [0, 0.05) is 5.56 Å². The molecule has 2 heterocycles. The van der Waals surface area contributed by atoms with Gasteiger partial charge in [-0.1, -0.05) is 47.3 Å². The minimum Gasteiger partial charge on any atom is -0.334 e. The molecule has 8 heteroatoms. The second kappa shape index (κ2) is 8.49. The monoisotopic (exact) mass is 437 g/mol. The van der Waals surface area contributed by atoms with E-state index in [0.717, 1.165) is 5.56 Å². The zero-order valence-electron chi connectivity index (χ0n) is 16.7. The first-order chi connectivity index (χ1) is 15.7. The average Bonchev–Trinajstić information content (AvgIpc) is 3.33. The summed E-state index contributed by atoms with van der Waals surface area (Å²) in [6.07, 6.45) is 0. The smallest absolute Gasteiger partial charge is 0.266 e. The maximum absolute atomic E-state index is 13.3. The van der Waals surface area contributed by atoms with Crippen LogP contribution in [0.1, 0.15) is 11.4 Å². The lowest BCUT2D eigenvalue weighted by Crippen LogP contribution is -2.21. The van der Waals surface area contributed by atoms with Crippen LogP contribution in [0.25, 0.3) is 28.0 Å². The molecule has 5 aromatic rings. The van der Waals surface area contributed by atoms with Crippen molar-refractivity contribution in [2.24, 2.45) is 0 Å². The Balaban J connectivity index is 1.52. The summed E-state index contributed by atoms with van der Waals surface area (Å²) < 4.78 is 6.93. The zero-order valence-corrected chi connectivity index (χ0v) is 17.5. The highest BCUT2D eigenvalue weighted by Crippen LogP contribution is 2.25. The maximum Gasteiger partial charge on any atom is 0.266 e. The number of aromatic nitrogens is 4. The molecule has 154 valence electrons. The second-order valence-electron chi connectivity index (χ2n) is 6.88. The molecule has 0 atom stereocenters. The number of fused-ring (bicyclic) bond motifs is 1. The Kier molecular flexibility index (Phi) is 5.24. The Morgan fingerprint density at radius 3 is 2.47 bits per heavy atom. The van der Waals surface area contributed by atoms with E-state index in [1.165, 1.54) is 11.8 Å². The van der Waals surface area contributed by atoms with E-state index >= 15 is 0 Å². The molecule has 0 amide bonds. The molecule has 0 aliphatic rings. The van der Waals surface area contributed by atoms with Crippen molar-refractivity contribution in [3.05, 3.63) is 101 Å². The zero-order chi connectivity index (χ0) is 21.9. The van der Waals surface area contributed by atoms with Gasteiger partial charge in [-0.2, -0.15) is 10.2 Å². The first-order valence-corrected chi connectivity index (χ1v) is 10.7. The van der Waals surface area contributed by atoms with Crippen molar-refractivity contribution in [2.45, 2.75) is 10.9 Å². The fourth-order valence-electron chi connectivity index (χ4n) is 3.26. The van der Waals surface area contributed by atoms with Crippen molar-refractivity contribution in [3.8, 4) is 23.2 Å². The van der Waals surface area contributed by atoms with Crippen LogP contribution in [0.4, 0.5) is 0 Å². The Morgan fingerprint density at radius 2 is 1.69 bits per heavy atom. The number of nitriles is 1. The van der Waals surface area contributed by atoms with E-state index in [4.69, 9.17) is 14.8 Å². The van der Waals surface area contributed by atoms with Crippen molar-refractivity contribution >= 4 is 22.7 Å². The van der Waals surface area contributed by atoms with Gasteiger partial charge in [-0.15, -0.1) is 0 Å². The van der Waals surface area contributed by atoms with E-state index in [2.05, 4.69) is 16.2 Å². The minimum absolute atomic E-state index is 0.180. The molecule has 32 heavy (non-hydrogen) atoms. The maximum atomic E-state index is 13.3. The molecule has 0 unspecified atom stereocenters. The van der Waals surface area contributed by atoms with Crippen molar-refractivity contribution in [1.29, 1.82) is 5.26 Å². The van der Waals surface area contributed by atoms with Crippen LogP contribution in [0.3, 0.4) is 0 Å². The summed E-state index contributed by atoms with van der Waals surface area (Å²) in [5.41, 5.74) is 2.43. The molecule has 0 bridgehead atoms. The lowest BCUT2D eigenvalue weighted by Gasteiger charge is -2.12. The van der Waals surface area contributed by atoms with E-state index in [0.29, 0.717) is 44.8 Å². The molecule has 5 rings (SSSR count). The number of thioether (sulfide) groups is 1. The van der Waals surface area contributed by atoms with Crippen LogP contribution in [0, 0.1) is 11.3 Å². The average molecular weight is 437 g/mol. The van der Waals surface area contributed by atoms with Gasteiger partial charge in [0.15, 0.2) is 11.0 Å². The van der Waals surface area contributed by atoms with Gasteiger partial charge in [0.25, 0.3) is 11.4 Å².